The maximum Gasteiger partial charge on any atom is 0.169 e. The zero-order chi connectivity index (χ0) is 47.5. The molecule has 0 aliphatic heterocycles. The second kappa shape index (κ2) is 22.6. The summed E-state index contributed by atoms with van der Waals surface area (Å²) in [7, 11) is 0. The first-order valence-corrected chi connectivity index (χ1v) is 21.4. The van der Waals surface area contributed by atoms with Crippen LogP contribution in [0.2, 0.25) is 0 Å². The van der Waals surface area contributed by atoms with Crippen LogP contribution in [0, 0.1) is 48.8 Å². The lowest BCUT2D eigenvalue weighted by Crippen LogP contribution is -1.99. The SMILES string of the molecule is C=C(CCCCCOc1ccc(/C(F)=C(\F)c2ccc(-c3ccc(C)c(F)c3F)cc2)c(F)c1)CCCCCOc1ccc(/C(F)=C(\F)c2ccc(-c3ccc(C)c(F)c3F)cc2)c(F)c1. The van der Waals surface area contributed by atoms with Crippen molar-refractivity contribution in [3.05, 3.63) is 190 Å². The van der Waals surface area contributed by atoms with Crippen molar-refractivity contribution >= 4 is 23.3 Å². The molecule has 6 rings (SSSR count). The largest absolute Gasteiger partial charge is 0.493 e. The van der Waals surface area contributed by atoms with Gasteiger partial charge in [-0.2, -0.15) is 0 Å². The summed E-state index contributed by atoms with van der Waals surface area (Å²) in [6, 6.07) is 22.5. The molecule has 66 heavy (non-hydrogen) atoms. The Morgan fingerprint density at radius 1 is 0.424 bits per heavy atom. The summed E-state index contributed by atoms with van der Waals surface area (Å²) >= 11 is 0. The number of allylic oxidation sites excluding steroid dienone is 1. The minimum absolute atomic E-state index is 0.0327. The van der Waals surface area contributed by atoms with Gasteiger partial charge in [-0.1, -0.05) is 84.9 Å². The average Bonchev–Trinajstić information content (AvgIpc) is 3.31. The minimum Gasteiger partial charge on any atom is -0.493 e. The van der Waals surface area contributed by atoms with Crippen molar-refractivity contribution in [2.24, 2.45) is 0 Å². The number of rotatable bonds is 20. The maximum absolute atomic E-state index is 15.1. The van der Waals surface area contributed by atoms with E-state index in [1.807, 2.05) is 0 Å². The topological polar surface area (TPSA) is 18.5 Å². The van der Waals surface area contributed by atoms with Gasteiger partial charge < -0.3 is 9.47 Å². The van der Waals surface area contributed by atoms with E-state index in [9.17, 15) is 26.3 Å². The van der Waals surface area contributed by atoms with Crippen LogP contribution in [-0.4, -0.2) is 13.2 Å². The molecule has 0 saturated carbocycles. The van der Waals surface area contributed by atoms with Crippen LogP contribution < -0.4 is 9.47 Å². The molecule has 0 aliphatic carbocycles. The highest BCUT2D eigenvalue weighted by Crippen LogP contribution is 2.36. The van der Waals surface area contributed by atoms with Crippen LogP contribution in [0.3, 0.4) is 0 Å². The number of hydrogen-bond acceptors (Lipinski definition) is 2. The molecule has 0 radical (unpaired) electrons. The molecule has 6 aromatic carbocycles. The van der Waals surface area contributed by atoms with Crippen LogP contribution in [-0.2, 0) is 0 Å². The standard InChI is InChI=1S/C54H46F10O2/c1-32(10-6-4-8-28-65-39-22-26-43(45(55)30-39)53(63)49(59)37-18-14-35(15-19-37)41-24-12-33(2)47(57)51(41)61)11-7-5-9-29-66-40-23-27-44(46(56)31-40)54(64)50(60)38-20-16-36(17-21-38)42-25-13-34(3)48(58)52(42)62/h12-27,30-31H,1,4-11,28-29H2,2-3H3/b53-49+,54-50+. The summed E-state index contributed by atoms with van der Waals surface area (Å²) in [5.74, 6) is -11.3. The lowest BCUT2D eigenvalue weighted by atomic mass is 10.0. The molecule has 6 aromatic rings. The van der Waals surface area contributed by atoms with Gasteiger partial charge in [0.1, 0.15) is 23.1 Å². The van der Waals surface area contributed by atoms with Crippen LogP contribution in [0.4, 0.5) is 43.9 Å². The molecule has 0 unspecified atom stereocenters. The van der Waals surface area contributed by atoms with Gasteiger partial charge in [0, 0.05) is 45.5 Å². The van der Waals surface area contributed by atoms with Crippen molar-refractivity contribution in [3.63, 3.8) is 0 Å². The fourth-order valence-corrected chi connectivity index (χ4v) is 7.16. The smallest absolute Gasteiger partial charge is 0.169 e. The van der Waals surface area contributed by atoms with Crippen molar-refractivity contribution in [3.8, 4) is 33.8 Å². The Kier molecular flexibility index (Phi) is 16.7. The van der Waals surface area contributed by atoms with Gasteiger partial charge in [0.15, 0.2) is 46.6 Å². The van der Waals surface area contributed by atoms with Gasteiger partial charge in [0.2, 0.25) is 0 Å². The fourth-order valence-electron chi connectivity index (χ4n) is 7.16. The molecule has 0 spiro atoms. The predicted octanol–water partition coefficient (Wildman–Crippen LogP) is 17.1. The quantitative estimate of drug-likeness (QED) is 0.0329. The van der Waals surface area contributed by atoms with Crippen LogP contribution in [0.5, 0.6) is 11.5 Å². The third kappa shape index (κ3) is 12.0. The van der Waals surface area contributed by atoms with Crippen molar-refractivity contribution in [1.82, 2.24) is 0 Å². The van der Waals surface area contributed by atoms with Crippen LogP contribution >= 0.6 is 0 Å². The van der Waals surface area contributed by atoms with E-state index in [2.05, 4.69) is 6.58 Å². The van der Waals surface area contributed by atoms with Crippen molar-refractivity contribution < 1.29 is 53.4 Å². The van der Waals surface area contributed by atoms with Crippen molar-refractivity contribution in [1.29, 1.82) is 0 Å². The first kappa shape index (κ1) is 48.9. The molecule has 0 amide bonds. The zero-order valence-corrected chi connectivity index (χ0v) is 36.3. The first-order chi connectivity index (χ1) is 31.6. The zero-order valence-electron chi connectivity index (χ0n) is 36.3. The number of ether oxygens (including phenoxy) is 2. The molecule has 0 aromatic heterocycles. The number of hydrogen-bond donors (Lipinski definition) is 0. The summed E-state index contributed by atoms with van der Waals surface area (Å²) in [4.78, 5) is 0. The van der Waals surface area contributed by atoms with Crippen molar-refractivity contribution in [2.75, 3.05) is 13.2 Å². The van der Waals surface area contributed by atoms with E-state index in [0.717, 1.165) is 68.4 Å². The van der Waals surface area contributed by atoms with E-state index in [-0.39, 0.29) is 69.2 Å². The van der Waals surface area contributed by atoms with Gasteiger partial charge in [-0.05, 0) is 112 Å². The molecule has 12 heteroatoms. The molecule has 0 N–H and O–H groups in total. The summed E-state index contributed by atoms with van der Waals surface area (Å²) < 4.78 is 158. The molecule has 0 aliphatic rings. The number of unbranched alkanes of at least 4 members (excludes halogenated alkanes) is 4. The van der Waals surface area contributed by atoms with Crippen LogP contribution in [0.15, 0.2) is 121 Å². The molecule has 0 bridgehead atoms. The Morgan fingerprint density at radius 3 is 1.17 bits per heavy atom. The van der Waals surface area contributed by atoms with E-state index in [1.165, 1.54) is 98.8 Å². The Balaban J connectivity index is 0.855. The van der Waals surface area contributed by atoms with Gasteiger partial charge in [-0.3, -0.25) is 0 Å². The lowest BCUT2D eigenvalue weighted by Gasteiger charge is -2.10. The molecule has 0 heterocycles. The van der Waals surface area contributed by atoms with E-state index in [4.69, 9.17) is 9.47 Å². The Morgan fingerprint density at radius 2 is 0.803 bits per heavy atom. The molecule has 0 fully saturated rings. The summed E-state index contributed by atoms with van der Waals surface area (Å²) in [6.07, 6.45) is 6.29. The molecule has 344 valence electrons. The van der Waals surface area contributed by atoms with Crippen molar-refractivity contribution in [2.45, 2.75) is 65.2 Å². The average molecular weight is 917 g/mol. The Labute approximate surface area is 377 Å². The lowest BCUT2D eigenvalue weighted by molar-refractivity contribution is 0.303. The predicted molar refractivity (Wildman–Crippen MR) is 241 cm³/mol. The Bertz CT molecular complexity index is 2550. The first-order valence-electron chi connectivity index (χ1n) is 21.4. The second-order valence-electron chi connectivity index (χ2n) is 15.9. The Hall–Kier alpha value is -6.56. The highest BCUT2D eigenvalue weighted by atomic mass is 19.2. The highest BCUT2D eigenvalue weighted by Gasteiger charge is 2.20. The molecule has 0 saturated heterocycles. The third-order valence-electron chi connectivity index (χ3n) is 11.1. The van der Waals surface area contributed by atoms with Gasteiger partial charge in [0.05, 0.1) is 13.2 Å². The molecular formula is C54H46F10O2. The number of benzene rings is 6. The van der Waals surface area contributed by atoms with E-state index < -0.39 is 69.3 Å². The summed E-state index contributed by atoms with van der Waals surface area (Å²) in [5.41, 5.74) is 0.211. The second-order valence-corrected chi connectivity index (χ2v) is 15.9. The van der Waals surface area contributed by atoms with Crippen LogP contribution in [0.25, 0.3) is 45.6 Å². The number of halogens is 10. The number of aryl methyl sites for hydroxylation is 2. The normalized spacial score (nSPS) is 12.2. The molecule has 0 atom stereocenters. The van der Waals surface area contributed by atoms with Gasteiger partial charge in [0.25, 0.3) is 0 Å². The summed E-state index contributed by atoms with van der Waals surface area (Å²) in [5, 5.41) is 0. The van der Waals surface area contributed by atoms with Gasteiger partial charge in [-0.15, -0.1) is 0 Å². The monoisotopic (exact) mass is 916 g/mol. The minimum atomic E-state index is -1.42. The van der Waals surface area contributed by atoms with E-state index >= 15 is 17.6 Å². The van der Waals surface area contributed by atoms with E-state index in [0.29, 0.717) is 12.8 Å². The third-order valence-corrected chi connectivity index (χ3v) is 11.1. The van der Waals surface area contributed by atoms with Crippen LogP contribution in [0.1, 0.15) is 84.7 Å². The molecular weight excluding hydrogens is 871 g/mol. The van der Waals surface area contributed by atoms with Gasteiger partial charge in [-0.25, -0.2) is 43.9 Å². The maximum atomic E-state index is 15.1. The highest BCUT2D eigenvalue weighted by molar-refractivity contribution is 5.85. The summed E-state index contributed by atoms with van der Waals surface area (Å²) in [6.45, 7) is 7.56. The van der Waals surface area contributed by atoms with E-state index in [1.54, 1.807) is 0 Å². The van der Waals surface area contributed by atoms with Gasteiger partial charge >= 0.3 is 0 Å². The fraction of sp³-hybridized carbons (Fsp3) is 0.222. The molecule has 2 nitrogen and oxygen atoms in total.